The van der Waals surface area contributed by atoms with E-state index < -0.39 is 5.54 Å². The molecule has 0 unspecified atom stereocenters. The SMILES string of the molecule is CC(=O)NC1(c2noc(CCC(=O)NCCN(C)c3ccccc3)n2)CCCCCC1. The molecule has 0 radical (unpaired) electrons. The molecular formula is C23H33N5O3. The second-order valence-corrected chi connectivity index (χ2v) is 8.30. The summed E-state index contributed by atoms with van der Waals surface area (Å²) in [5.74, 6) is 0.824. The van der Waals surface area contributed by atoms with Crippen molar-refractivity contribution in [1.29, 1.82) is 0 Å². The Morgan fingerprint density at radius 3 is 2.52 bits per heavy atom. The maximum Gasteiger partial charge on any atom is 0.227 e. The number of anilines is 1. The second kappa shape index (κ2) is 10.9. The molecule has 0 atom stereocenters. The van der Waals surface area contributed by atoms with Gasteiger partial charge >= 0.3 is 0 Å². The van der Waals surface area contributed by atoms with Crippen LogP contribution in [0.15, 0.2) is 34.9 Å². The molecule has 8 heteroatoms. The highest BCUT2D eigenvalue weighted by molar-refractivity contribution is 5.76. The van der Waals surface area contributed by atoms with Crippen molar-refractivity contribution in [3.8, 4) is 0 Å². The molecule has 168 valence electrons. The maximum absolute atomic E-state index is 12.2. The predicted molar refractivity (Wildman–Crippen MR) is 119 cm³/mol. The summed E-state index contributed by atoms with van der Waals surface area (Å²) in [6, 6.07) is 10.0. The number of benzene rings is 1. The number of likely N-dealkylation sites (N-methyl/N-ethyl adjacent to an activating group) is 1. The maximum atomic E-state index is 12.2. The van der Waals surface area contributed by atoms with E-state index in [1.165, 1.54) is 6.92 Å². The first kappa shape index (κ1) is 22.8. The normalized spacial score (nSPS) is 15.7. The number of carbonyl (C=O) groups is 2. The van der Waals surface area contributed by atoms with Gasteiger partial charge in [0.15, 0.2) is 5.82 Å². The highest BCUT2D eigenvalue weighted by Crippen LogP contribution is 2.34. The first-order chi connectivity index (χ1) is 15.0. The smallest absolute Gasteiger partial charge is 0.227 e. The lowest BCUT2D eigenvalue weighted by atomic mass is 9.89. The predicted octanol–water partition coefficient (Wildman–Crippen LogP) is 2.94. The van der Waals surface area contributed by atoms with Gasteiger partial charge in [0.25, 0.3) is 0 Å². The highest BCUT2D eigenvalue weighted by atomic mass is 16.5. The van der Waals surface area contributed by atoms with Gasteiger partial charge in [0.2, 0.25) is 17.7 Å². The van der Waals surface area contributed by atoms with E-state index in [-0.39, 0.29) is 18.2 Å². The van der Waals surface area contributed by atoms with Gasteiger partial charge in [-0.1, -0.05) is 49.0 Å². The fourth-order valence-electron chi connectivity index (χ4n) is 4.11. The number of aryl methyl sites for hydroxylation is 1. The lowest BCUT2D eigenvalue weighted by Crippen LogP contribution is -2.45. The van der Waals surface area contributed by atoms with Crippen LogP contribution >= 0.6 is 0 Å². The summed E-state index contributed by atoms with van der Waals surface area (Å²) in [7, 11) is 2.00. The van der Waals surface area contributed by atoms with Gasteiger partial charge in [-0.2, -0.15) is 4.98 Å². The molecular weight excluding hydrogens is 394 g/mol. The minimum absolute atomic E-state index is 0.0488. The van der Waals surface area contributed by atoms with Crippen LogP contribution in [0.1, 0.15) is 63.6 Å². The summed E-state index contributed by atoms with van der Waals surface area (Å²) in [6.07, 6.45) is 6.60. The van der Waals surface area contributed by atoms with Crippen molar-refractivity contribution < 1.29 is 14.1 Å². The molecule has 2 aromatic rings. The average Bonchev–Trinajstić information content (AvgIpc) is 3.12. The number of nitrogens with zero attached hydrogens (tertiary/aromatic N) is 3. The first-order valence-corrected chi connectivity index (χ1v) is 11.1. The first-order valence-electron chi connectivity index (χ1n) is 11.1. The van der Waals surface area contributed by atoms with Crippen LogP contribution in [0.3, 0.4) is 0 Å². The van der Waals surface area contributed by atoms with Crippen LogP contribution in [0, 0.1) is 0 Å². The van der Waals surface area contributed by atoms with Crippen molar-refractivity contribution >= 4 is 17.5 Å². The van der Waals surface area contributed by atoms with Gasteiger partial charge in [-0.15, -0.1) is 0 Å². The molecule has 31 heavy (non-hydrogen) atoms. The average molecular weight is 428 g/mol. The molecule has 1 heterocycles. The summed E-state index contributed by atoms with van der Waals surface area (Å²) < 4.78 is 5.42. The van der Waals surface area contributed by atoms with E-state index in [4.69, 9.17) is 4.52 Å². The van der Waals surface area contributed by atoms with Crippen LogP contribution in [0.25, 0.3) is 0 Å². The number of amides is 2. The topological polar surface area (TPSA) is 100 Å². The lowest BCUT2D eigenvalue weighted by molar-refractivity contribution is -0.122. The number of rotatable bonds is 9. The fraction of sp³-hybridized carbons (Fsp3) is 0.565. The molecule has 1 aliphatic carbocycles. The third-order valence-electron chi connectivity index (χ3n) is 5.80. The molecule has 0 aliphatic heterocycles. The summed E-state index contributed by atoms with van der Waals surface area (Å²) in [6.45, 7) is 2.80. The molecule has 2 amide bonds. The summed E-state index contributed by atoms with van der Waals surface area (Å²) in [5.41, 5.74) is 0.552. The van der Waals surface area contributed by atoms with Gasteiger partial charge in [0.05, 0.1) is 0 Å². The standard InChI is InChI=1S/C23H33N5O3/c1-18(29)26-23(14-8-3-4-9-15-23)22-25-21(31-27-22)13-12-20(30)24-16-17-28(2)19-10-6-5-7-11-19/h5-7,10-11H,3-4,8-9,12-17H2,1-2H3,(H,24,30)(H,26,29). The Morgan fingerprint density at radius 1 is 1.13 bits per heavy atom. The molecule has 1 saturated carbocycles. The third kappa shape index (κ3) is 6.54. The number of aromatic nitrogens is 2. The number of carbonyl (C=O) groups excluding carboxylic acids is 2. The van der Waals surface area contributed by atoms with Crippen molar-refractivity contribution in [1.82, 2.24) is 20.8 Å². The molecule has 1 aliphatic rings. The molecule has 1 aromatic carbocycles. The van der Waals surface area contributed by atoms with Gasteiger partial charge in [0.1, 0.15) is 5.54 Å². The second-order valence-electron chi connectivity index (χ2n) is 8.30. The van der Waals surface area contributed by atoms with Gasteiger partial charge < -0.3 is 20.1 Å². The largest absolute Gasteiger partial charge is 0.373 e. The molecule has 3 rings (SSSR count). The van der Waals surface area contributed by atoms with Gasteiger partial charge in [0, 0.05) is 45.6 Å². The van der Waals surface area contributed by atoms with Crippen molar-refractivity contribution in [2.45, 2.75) is 63.8 Å². The zero-order valence-corrected chi connectivity index (χ0v) is 18.5. The van der Waals surface area contributed by atoms with Gasteiger partial charge in [-0.25, -0.2) is 0 Å². The molecule has 0 bridgehead atoms. The minimum atomic E-state index is -0.561. The molecule has 0 saturated heterocycles. The van der Waals surface area contributed by atoms with E-state index in [0.29, 0.717) is 24.7 Å². The minimum Gasteiger partial charge on any atom is -0.373 e. The quantitative estimate of drug-likeness (QED) is 0.597. The zero-order chi connectivity index (χ0) is 22.1. The van der Waals surface area contributed by atoms with Crippen molar-refractivity contribution in [3.05, 3.63) is 42.0 Å². The van der Waals surface area contributed by atoms with Crippen LogP contribution in [0.4, 0.5) is 5.69 Å². The monoisotopic (exact) mass is 427 g/mol. The number of hydrogen-bond acceptors (Lipinski definition) is 6. The molecule has 1 fully saturated rings. The van der Waals surface area contributed by atoms with Crippen LogP contribution in [-0.2, 0) is 21.5 Å². The Labute approximate surface area is 183 Å². The van der Waals surface area contributed by atoms with Crippen LogP contribution in [0.2, 0.25) is 0 Å². The summed E-state index contributed by atoms with van der Waals surface area (Å²) in [4.78, 5) is 30.7. The Hall–Kier alpha value is -2.90. The van der Waals surface area contributed by atoms with Crippen molar-refractivity contribution in [3.63, 3.8) is 0 Å². The fourth-order valence-corrected chi connectivity index (χ4v) is 4.11. The van der Waals surface area contributed by atoms with E-state index in [1.807, 2.05) is 37.4 Å². The van der Waals surface area contributed by atoms with E-state index in [1.54, 1.807) is 0 Å². The molecule has 8 nitrogen and oxygen atoms in total. The molecule has 2 N–H and O–H groups in total. The Kier molecular flexibility index (Phi) is 8.03. The van der Waals surface area contributed by atoms with Gasteiger partial charge in [-0.05, 0) is 25.0 Å². The van der Waals surface area contributed by atoms with Crippen LogP contribution in [0.5, 0.6) is 0 Å². The van der Waals surface area contributed by atoms with E-state index >= 15 is 0 Å². The Balaban J connectivity index is 1.48. The van der Waals surface area contributed by atoms with Crippen molar-refractivity contribution in [2.24, 2.45) is 0 Å². The van der Waals surface area contributed by atoms with Gasteiger partial charge in [-0.3, -0.25) is 9.59 Å². The number of para-hydroxylation sites is 1. The highest BCUT2D eigenvalue weighted by Gasteiger charge is 2.38. The lowest BCUT2D eigenvalue weighted by Gasteiger charge is -2.30. The summed E-state index contributed by atoms with van der Waals surface area (Å²) >= 11 is 0. The molecule has 1 aromatic heterocycles. The van der Waals surface area contributed by atoms with E-state index in [2.05, 4.69) is 25.7 Å². The summed E-state index contributed by atoms with van der Waals surface area (Å²) in [5, 5.41) is 10.2. The van der Waals surface area contributed by atoms with Crippen LogP contribution < -0.4 is 15.5 Å². The Morgan fingerprint density at radius 2 is 1.84 bits per heavy atom. The van der Waals surface area contributed by atoms with Crippen LogP contribution in [-0.4, -0.2) is 42.1 Å². The number of hydrogen-bond donors (Lipinski definition) is 2. The Bertz CT molecular complexity index is 844. The molecule has 0 spiro atoms. The van der Waals surface area contributed by atoms with E-state index in [0.717, 1.165) is 50.8 Å². The third-order valence-corrected chi connectivity index (χ3v) is 5.80. The van der Waals surface area contributed by atoms with E-state index in [9.17, 15) is 9.59 Å². The van der Waals surface area contributed by atoms with Crippen molar-refractivity contribution in [2.75, 3.05) is 25.0 Å². The number of nitrogens with one attached hydrogen (secondary N) is 2. The zero-order valence-electron chi connectivity index (χ0n) is 18.5.